The van der Waals surface area contributed by atoms with Crippen molar-refractivity contribution in [2.75, 3.05) is 5.32 Å². The van der Waals surface area contributed by atoms with Gasteiger partial charge in [-0.15, -0.1) is 10.2 Å². The van der Waals surface area contributed by atoms with E-state index in [9.17, 15) is 13.2 Å². The second-order valence-electron chi connectivity index (χ2n) is 4.08. The highest BCUT2D eigenvalue weighted by atomic mass is 19.4. The number of halogens is 3. The monoisotopic (exact) mass is 271 g/mol. The molecule has 5 nitrogen and oxygen atoms in total. The van der Waals surface area contributed by atoms with E-state index < -0.39 is 11.7 Å². The number of alkyl halides is 3. The fourth-order valence-electron chi connectivity index (χ4n) is 1.56. The lowest BCUT2D eigenvalue weighted by Crippen LogP contribution is -2.08. The third-order valence-electron chi connectivity index (χ3n) is 2.55. The van der Waals surface area contributed by atoms with Crippen molar-refractivity contribution in [2.24, 2.45) is 7.05 Å². The molecule has 0 aliphatic rings. The molecule has 102 valence electrons. The molecule has 0 unspecified atom stereocenters. The number of benzene rings is 1. The third kappa shape index (κ3) is 3.21. The smallest absolute Gasteiger partial charge is 0.377 e. The van der Waals surface area contributed by atoms with Crippen LogP contribution in [0.1, 0.15) is 17.0 Å². The van der Waals surface area contributed by atoms with Gasteiger partial charge in [0.1, 0.15) is 0 Å². The lowest BCUT2D eigenvalue weighted by atomic mass is 10.1. The first kappa shape index (κ1) is 13.3. The summed E-state index contributed by atoms with van der Waals surface area (Å²) in [4.78, 5) is 1.29. The van der Waals surface area contributed by atoms with Gasteiger partial charge in [-0.3, -0.25) is 0 Å². The van der Waals surface area contributed by atoms with E-state index in [0.717, 1.165) is 17.7 Å². The molecule has 2 rings (SSSR count). The number of tetrazole rings is 1. The van der Waals surface area contributed by atoms with Crippen LogP contribution in [0, 0.1) is 6.92 Å². The van der Waals surface area contributed by atoms with Crippen molar-refractivity contribution in [1.29, 1.82) is 0 Å². The molecule has 0 radical (unpaired) electrons. The second-order valence-corrected chi connectivity index (χ2v) is 4.08. The number of nitrogens with one attached hydrogen (secondary N) is 1. The summed E-state index contributed by atoms with van der Waals surface area (Å²) in [6.45, 7) is 1.95. The topological polar surface area (TPSA) is 55.6 Å². The number of aromatic nitrogens is 4. The molecule has 1 aromatic heterocycles. The first-order valence-electron chi connectivity index (χ1n) is 5.51. The summed E-state index contributed by atoms with van der Waals surface area (Å²) in [6.07, 6.45) is -4.35. The van der Waals surface area contributed by atoms with Gasteiger partial charge in [0, 0.05) is 5.69 Å². The molecule has 0 bridgehead atoms. The molecule has 0 aliphatic carbocycles. The zero-order chi connectivity index (χ0) is 14.0. The van der Waals surface area contributed by atoms with Crippen LogP contribution in [-0.4, -0.2) is 20.2 Å². The Morgan fingerprint density at radius 2 is 2.05 bits per heavy atom. The summed E-state index contributed by atoms with van der Waals surface area (Å²) in [5, 5.41) is 14.2. The van der Waals surface area contributed by atoms with Gasteiger partial charge in [0.15, 0.2) is 5.82 Å². The van der Waals surface area contributed by atoms with Crippen LogP contribution >= 0.6 is 0 Å². The van der Waals surface area contributed by atoms with Crippen LogP contribution in [-0.2, 0) is 19.8 Å². The quantitative estimate of drug-likeness (QED) is 0.929. The first-order chi connectivity index (χ1) is 8.86. The summed E-state index contributed by atoms with van der Waals surface area (Å²) in [5.41, 5.74) is 0.437. The number of rotatable bonds is 3. The van der Waals surface area contributed by atoms with Crippen LogP contribution in [0.3, 0.4) is 0 Å². The van der Waals surface area contributed by atoms with E-state index in [0.29, 0.717) is 11.5 Å². The van der Waals surface area contributed by atoms with Crippen LogP contribution in [0.4, 0.5) is 18.9 Å². The SMILES string of the molecule is Cc1ccc(C(F)(F)F)cc1NCc1nnn(C)n1. The molecular formula is C11H12F3N5. The molecule has 0 amide bonds. The van der Waals surface area contributed by atoms with E-state index >= 15 is 0 Å². The van der Waals surface area contributed by atoms with Crippen molar-refractivity contribution in [1.82, 2.24) is 20.2 Å². The van der Waals surface area contributed by atoms with Crippen molar-refractivity contribution in [2.45, 2.75) is 19.6 Å². The Morgan fingerprint density at radius 1 is 1.32 bits per heavy atom. The van der Waals surface area contributed by atoms with Crippen molar-refractivity contribution in [3.8, 4) is 0 Å². The number of hydrogen-bond acceptors (Lipinski definition) is 4. The zero-order valence-corrected chi connectivity index (χ0v) is 10.4. The lowest BCUT2D eigenvalue weighted by molar-refractivity contribution is -0.137. The fourth-order valence-corrected chi connectivity index (χ4v) is 1.56. The average molecular weight is 271 g/mol. The van der Waals surface area contributed by atoms with E-state index in [1.807, 2.05) is 0 Å². The fraction of sp³-hybridized carbons (Fsp3) is 0.364. The number of nitrogens with zero attached hydrogens (tertiary/aromatic N) is 4. The highest BCUT2D eigenvalue weighted by Gasteiger charge is 2.30. The largest absolute Gasteiger partial charge is 0.416 e. The van der Waals surface area contributed by atoms with Gasteiger partial charge in [-0.2, -0.15) is 18.0 Å². The predicted octanol–water partition coefficient (Wildman–Crippen LogP) is 2.15. The van der Waals surface area contributed by atoms with Crippen LogP contribution in [0.5, 0.6) is 0 Å². The van der Waals surface area contributed by atoms with Gasteiger partial charge in [-0.25, -0.2) is 0 Å². The minimum absolute atomic E-state index is 0.218. The van der Waals surface area contributed by atoms with Crippen LogP contribution in [0.15, 0.2) is 18.2 Å². The van der Waals surface area contributed by atoms with Crippen molar-refractivity contribution in [3.63, 3.8) is 0 Å². The molecule has 0 atom stereocenters. The van der Waals surface area contributed by atoms with E-state index in [-0.39, 0.29) is 6.54 Å². The Hall–Kier alpha value is -2.12. The summed E-state index contributed by atoms with van der Waals surface area (Å²) in [6, 6.07) is 3.56. The van der Waals surface area contributed by atoms with Gasteiger partial charge < -0.3 is 5.32 Å². The van der Waals surface area contributed by atoms with Gasteiger partial charge in [0.25, 0.3) is 0 Å². The molecule has 0 saturated carbocycles. The average Bonchev–Trinajstić information content (AvgIpc) is 2.72. The van der Waals surface area contributed by atoms with Crippen molar-refractivity contribution >= 4 is 5.69 Å². The zero-order valence-electron chi connectivity index (χ0n) is 10.4. The Morgan fingerprint density at radius 3 is 2.63 bits per heavy atom. The molecule has 0 aliphatic heterocycles. The molecule has 0 fully saturated rings. The van der Waals surface area contributed by atoms with Gasteiger partial charge in [-0.05, 0) is 29.8 Å². The van der Waals surface area contributed by atoms with Gasteiger partial charge in [0.2, 0.25) is 0 Å². The summed E-state index contributed by atoms with van der Waals surface area (Å²) >= 11 is 0. The maximum atomic E-state index is 12.6. The number of anilines is 1. The summed E-state index contributed by atoms with van der Waals surface area (Å²) in [5.74, 6) is 0.416. The van der Waals surface area contributed by atoms with E-state index in [4.69, 9.17) is 0 Å². The van der Waals surface area contributed by atoms with Crippen LogP contribution in [0.25, 0.3) is 0 Å². The molecule has 0 spiro atoms. The van der Waals surface area contributed by atoms with E-state index in [1.54, 1.807) is 14.0 Å². The van der Waals surface area contributed by atoms with Crippen molar-refractivity contribution in [3.05, 3.63) is 35.2 Å². The second kappa shape index (κ2) is 4.87. The van der Waals surface area contributed by atoms with Gasteiger partial charge in [-0.1, -0.05) is 6.07 Å². The molecule has 1 aromatic carbocycles. The van der Waals surface area contributed by atoms with Crippen molar-refractivity contribution < 1.29 is 13.2 Å². The van der Waals surface area contributed by atoms with Gasteiger partial charge in [0.05, 0.1) is 19.2 Å². The van der Waals surface area contributed by atoms with E-state index in [2.05, 4.69) is 20.7 Å². The number of aryl methyl sites for hydroxylation is 2. The van der Waals surface area contributed by atoms with Gasteiger partial charge >= 0.3 is 6.18 Å². The Bertz CT molecular complexity index is 576. The van der Waals surface area contributed by atoms with Crippen LogP contribution in [0.2, 0.25) is 0 Å². The molecule has 1 heterocycles. The third-order valence-corrected chi connectivity index (χ3v) is 2.55. The Kier molecular flexibility index (Phi) is 3.41. The maximum absolute atomic E-state index is 12.6. The molecule has 8 heteroatoms. The summed E-state index contributed by atoms with van der Waals surface area (Å²) < 4.78 is 37.8. The highest BCUT2D eigenvalue weighted by Crippen LogP contribution is 2.32. The predicted molar refractivity (Wildman–Crippen MR) is 62.3 cm³/mol. The lowest BCUT2D eigenvalue weighted by Gasteiger charge is -2.12. The summed E-state index contributed by atoms with van der Waals surface area (Å²) in [7, 11) is 1.62. The molecule has 2 aromatic rings. The molecular weight excluding hydrogens is 259 g/mol. The Labute approximate surface area is 107 Å². The Balaban J connectivity index is 2.15. The van der Waals surface area contributed by atoms with E-state index in [1.165, 1.54) is 10.9 Å². The first-order valence-corrected chi connectivity index (χ1v) is 5.51. The maximum Gasteiger partial charge on any atom is 0.416 e. The molecule has 19 heavy (non-hydrogen) atoms. The number of hydrogen-bond donors (Lipinski definition) is 1. The standard InChI is InChI=1S/C11H12F3N5/c1-7-3-4-8(11(12,13)14)5-9(7)15-6-10-16-18-19(2)17-10/h3-5,15H,6H2,1-2H3. The minimum Gasteiger partial charge on any atom is -0.377 e. The normalized spacial score (nSPS) is 11.6. The molecule has 0 saturated heterocycles. The minimum atomic E-state index is -4.35. The van der Waals surface area contributed by atoms with Crippen LogP contribution < -0.4 is 5.32 Å². The molecule has 1 N–H and O–H groups in total. The highest BCUT2D eigenvalue weighted by molar-refractivity contribution is 5.53.